The highest BCUT2D eigenvalue weighted by Gasteiger charge is 2.43. The average molecular weight is 220 g/mol. The number of rotatable bonds is 6. The maximum absolute atomic E-state index is 12.6. The zero-order valence-electron chi connectivity index (χ0n) is 7.77. The Morgan fingerprint density at radius 3 is 2.14 bits per heavy atom. The van der Waals surface area contributed by atoms with E-state index in [1.54, 1.807) is 0 Å². The SMILES string of the molecule is COCC(F)(F)OC(C)C(F)(F)CO. The van der Waals surface area contributed by atoms with Crippen LogP contribution in [0.25, 0.3) is 0 Å². The fraction of sp³-hybridized carbons (Fsp3) is 1.00. The molecule has 0 aliphatic carbocycles. The van der Waals surface area contributed by atoms with E-state index in [0.29, 0.717) is 0 Å². The van der Waals surface area contributed by atoms with E-state index in [2.05, 4.69) is 9.47 Å². The smallest absolute Gasteiger partial charge is 0.379 e. The predicted octanol–water partition coefficient (Wildman–Crippen LogP) is 1.26. The molecule has 3 nitrogen and oxygen atoms in total. The molecule has 0 aliphatic rings. The molecular weight excluding hydrogens is 208 g/mol. The van der Waals surface area contributed by atoms with Crippen molar-refractivity contribution in [3.8, 4) is 0 Å². The van der Waals surface area contributed by atoms with Crippen LogP contribution in [0.1, 0.15) is 6.92 Å². The Balaban J connectivity index is 4.23. The van der Waals surface area contributed by atoms with E-state index >= 15 is 0 Å². The minimum atomic E-state index is -3.78. The average Bonchev–Trinajstić information content (AvgIpc) is 2.03. The minimum Gasteiger partial charge on any atom is -0.390 e. The van der Waals surface area contributed by atoms with Gasteiger partial charge in [0.15, 0.2) is 0 Å². The Hall–Kier alpha value is -0.400. The van der Waals surface area contributed by atoms with Gasteiger partial charge < -0.3 is 14.6 Å². The van der Waals surface area contributed by atoms with Crippen molar-refractivity contribution in [3.05, 3.63) is 0 Å². The van der Waals surface area contributed by atoms with E-state index in [4.69, 9.17) is 5.11 Å². The lowest BCUT2D eigenvalue weighted by Gasteiger charge is -2.26. The van der Waals surface area contributed by atoms with Gasteiger partial charge in [-0.2, -0.15) is 8.78 Å². The second-order valence-corrected chi connectivity index (χ2v) is 2.75. The highest BCUT2D eigenvalue weighted by Crippen LogP contribution is 2.26. The first-order valence-corrected chi connectivity index (χ1v) is 3.78. The molecule has 1 atom stereocenters. The molecule has 0 radical (unpaired) electrons. The molecule has 86 valence electrons. The van der Waals surface area contributed by atoms with Crippen molar-refractivity contribution in [2.24, 2.45) is 0 Å². The molecule has 0 fully saturated rings. The largest absolute Gasteiger partial charge is 0.390 e. The van der Waals surface area contributed by atoms with Gasteiger partial charge in [-0.05, 0) is 6.92 Å². The standard InChI is InChI=1S/C7H12F4O3/c1-5(6(8,9)3-12)14-7(10,11)4-13-2/h5,12H,3-4H2,1-2H3. The van der Waals surface area contributed by atoms with Gasteiger partial charge in [0.05, 0.1) is 0 Å². The topological polar surface area (TPSA) is 38.7 Å². The fourth-order valence-electron chi connectivity index (χ4n) is 0.675. The van der Waals surface area contributed by atoms with Gasteiger partial charge >= 0.3 is 6.11 Å². The second kappa shape index (κ2) is 4.90. The number of hydrogen-bond donors (Lipinski definition) is 1. The molecule has 0 saturated heterocycles. The third-order valence-corrected chi connectivity index (χ3v) is 1.47. The molecule has 1 N–H and O–H groups in total. The van der Waals surface area contributed by atoms with E-state index < -0.39 is 31.3 Å². The zero-order valence-corrected chi connectivity index (χ0v) is 7.77. The molecule has 0 spiro atoms. The molecule has 0 aliphatic heterocycles. The van der Waals surface area contributed by atoms with E-state index in [-0.39, 0.29) is 0 Å². The number of ether oxygens (including phenoxy) is 2. The van der Waals surface area contributed by atoms with Gasteiger partial charge in [-0.3, -0.25) is 0 Å². The summed E-state index contributed by atoms with van der Waals surface area (Å²) < 4.78 is 58.1. The van der Waals surface area contributed by atoms with Crippen molar-refractivity contribution in [2.75, 3.05) is 20.3 Å². The highest BCUT2D eigenvalue weighted by atomic mass is 19.3. The number of halogens is 4. The van der Waals surface area contributed by atoms with E-state index in [9.17, 15) is 17.6 Å². The van der Waals surface area contributed by atoms with Crippen molar-refractivity contribution in [1.29, 1.82) is 0 Å². The van der Waals surface area contributed by atoms with Crippen molar-refractivity contribution in [1.82, 2.24) is 0 Å². The van der Waals surface area contributed by atoms with Gasteiger partial charge in [-0.15, -0.1) is 0 Å². The molecule has 0 amide bonds. The maximum atomic E-state index is 12.6. The molecule has 0 bridgehead atoms. The molecule has 0 aromatic rings. The molecule has 0 rings (SSSR count). The van der Waals surface area contributed by atoms with Crippen LogP contribution in [0.3, 0.4) is 0 Å². The van der Waals surface area contributed by atoms with Gasteiger partial charge in [-0.25, -0.2) is 8.78 Å². The lowest BCUT2D eigenvalue weighted by Crippen LogP contribution is -2.43. The summed E-state index contributed by atoms with van der Waals surface area (Å²) in [5.41, 5.74) is 0. The van der Waals surface area contributed by atoms with Crippen molar-refractivity contribution < 1.29 is 32.1 Å². The maximum Gasteiger partial charge on any atom is 0.379 e. The first kappa shape index (κ1) is 13.6. The number of aliphatic hydroxyl groups excluding tert-OH is 1. The Bertz CT molecular complexity index is 174. The third-order valence-electron chi connectivity index (χ3n) is 1.47. The van der Waals surface area contributed by atoms with Crippen LogP contribution in [-0.4, -0.2) is 43.6 Å². The van der Waals surface area contributed by atoms with Crippen molar-refractivity contribution in [2.45, 2.75) is 25.1 Å². The molecule has 0 saturated carbocycles. The van der Waals surface area contributed by atoms with Crippen LogP contribution < -0.4 is 0 Å². The second-order valence-electron chi connectivity index (χ2n) is 2.75. The third kappa shape index (κ3) is 4.21. The molecule has 7 heteroatoms. The van der Waals surface area contributed by atoms with Crippen molar-refractivity contribution in [3.63, 3.8) is 0 Å². The molecule has 0 aromatic carbocycles. The lowest BCUT2D eigenvalue weighted by molar-refractivity contribution is -0.312. The summed E-state index contributed by atoms with van der Waals surface area (Å²) >= 11 is 0. The Kier molecular flexibility index (Phi) is 4.76. The number of aliphatic hydroxyl groups is 1. The van der Waals surface area contributed by atoms with Gasteiger partial charge in [0.25, 0.3) is 5.92 Å². The van der Waals surface area contributed by atoms with Crippen LogP contribution in [0.5, 0.6) is 0 Å². The number of alkyl halides is 4. The molecular formula is C7H12F4O3. The van der Waals surface area contributed by atoms with Gasteiger partial charge in [0.1, 0.15) is 19.3 Å². The normalized spacial score (nSPS) is 15.6. The monoisotopic (exact) mass is 220 g/mol. The lowest BCUT2D eigenvalue weighted by atomic mass is 10.2. The van der Waals surface area contributed by atoms with Gasteiger partial charge in [0, 0.05) is 7.11 Å². The van der Waals surface area contributed by atoms with Gasteiger partial charge in [-0.1, -0.05) is 0 Å². The van der Waals surface area contributed by atoms with Crippen LogP contribution in [-0.2, 0) is 9.47 Å². The van der Waals surface area contributed by atoms with Crippen molar-refractivity contribution >= 4 is 0 Å². The van der Waals surface area contributed by atoms with Gasteiger partial charge in [0.2, 0.25) is 0 Å². The molecule has 0 aromatic heterocycles. The Labute approximate surface area is 78.6 Å². The van der Waals surface area contributed by atoms with E-state index in [0.717, 1.165) is 14.0 Å². The minimum absolute atomic E-state index is 0.750. The van der Waals surface area contributed by atoms with E-state index in [1.807, 2.05) is 0 Å². The van der Waals surface area contributed by atoms with Crippen LogP contribution in [0, 0.1) is 0 Å². The molecule has 1 unspecified atom stereocenters. The quantitative estimate of drug-likeness (QED) is 0.685. The van der Waals surface area contributed by atoms with Crippen LogP contribution in [0.4, 0.5) is 17.6 Å². The summed E-state index contributed by atoms with van der Waals surface area (Å²) in [5, 5.41) is 8.19. The molecule has 0 heterocycles. The molecule has 14 heavy (non-hydrogen) atoms. The first-order valence-electron chi connectivity index (χ1n) is 3.78. The van der Waals surface area contributed by atoms with Crippen LogP contribution in [0.2, 0.25) is 0 Å². The summed E-state index contributed by atoms with van der Waals surface area (Å²) in [5.74, 6) is -3.70. The van der Waals surface area contributed by atoms with Crippen LogP contribution >= 0.6 is 0 Å². The first-order chi connectivity index (χ1) is 6.25. The number of methoxy groups -OCH3 is 1. The summed E-state index contributed by atoms with van der Waals surface area (Å²) in [6.07, 6.45) is -5.87. The zero-order chi connectivity index (χ0) is 11.4. The number of hydrogen-bond acceptors (Lipinski definition) is 3. The summed E-state index contributed by atoms with van der Waals surface area (Å²) in [6.45, 7) is -1.91. The summed E-state index contributed by atoms with van der Waals surface area (Å²) in [7, 11) is 0.992. The predicted molar refractivity (Wildman–Crippen MR) is 39.4 cm³/mol. The Morgan fingerprint density at radius 2 is 1.79 bits per heavy atom. The highest BCUT2D eigenvalue weighted by molar-refractivity contribution is 4.74. The fourth-order valence-corrected chi connectivity index (χ4v) is 0.675. The summed E-state index contributed by atoms with van der Waals surface area (Å²) in [6, 6.07) is 0. The Morgan fingerprint density at radius 1 is 1.29 bits per heavy atom. The van der Waals surface area contributed by atoms with Crippen LogP contribution in [0.15, 0.2) is 0 Å². The van der Waals surface area contributed by atoms with E-state index in [1.165, 1.54) is 0 Å². The summed E-state index contributed by atoms with van der Waals surface area (Å²) in [4.78, 5) is 0.